The summed E-state index contributed by atoms with van der Waals surface area (Å²) in [6.07, 6.45) is -0.922. The first kappa shape index (κ1) is 20.3. The van der Waals surface area contributed by atoms with Crippen LogP contribution in [0.2, 0.25) is 0 Å². The van der Waals surface area contributed by atoms with Gasteiger partial charge in [-0.05, 0) is 56.7 Å². The van der Waals surface area contributed by atoms with Gasteiger partial charge in [-0.3, -0.25) is 9.78 Å². The zero-order valence-corrected chi connectivity index (χ0v) is 17.0. The van der Waals surface area contributed by atoms with Gasteiger partial charge in [0.2, 0.25) is 0 Å². The van der Waals surface area contributed by atoms with Gasteiger partial charge in [0.15, 0.2) is 6.10 Å². The van der Waals surface area contributed by atoms with Crippen molar-refractivity contribution in [2.24, 2.45) is 0 Å². The van der Waals surface area contributed by atoms with E-state index < -0.39 is 12.1 Å². The van der Waals surface area contributed by atoms with Gasteiger partial charge in [-0.15, -0.1) is 0 Å². The standard InChI is InChI=1S/C23H24N2O4/c1-14-5-10-21-19(11-14)20(12-15(2)25-21)23(27)29-16(3)22(26)24-13-17-6-8-18(28-4)9-7-17/h5-12,16H,13H2,1-4H3,(H,24,26). The van der Waals surface area contributed by atoms with Gasteiger partial charge in [0.05, 0.1) is 18.2 Å². The summed E-state index contributed by atoms with van der Waals surface area (Å²) in [5.41, 5.74) is 3.78. The molecule has 0 saturated heterocycles. The highest BCUT2D eigenvalue weighted by molar-refractivity contribution is 6.04. The predicted molar refractivity (Wildman–Crippen MR) is 111 cm³/mol. The zero-order valence-electron chi connectivity index (χ0n) is 17.0. The number of hydrogen-bond acceptors (Lipinski definition) is 5. The molecule has 0 aliphatic carbocycles. The van der Waals surface area contributed by atoms with E-state index in [1.54, 1.807) is 20.1 Å². The molecule has 29 heavy (non-hydrogen) atoms. The van der Waals surface area contributed by atoms with Gasteiger partial charge in [0.1, 0.15) is 5.75 Å². The Bertz CT molecular complexity index is 1040. The molecule has 0 radical (unpaired) electrons. The summed E-state index contributed by atoms with van der Waals surface area (Å²) < 4.78 is 10.5. The molecular weight excluding hydrogens is 368 g/mol. The molecule has 6 nitrogen and oxygen atoms in total. The van der Waals surface area contributed by atoms with Crippen molar-refractivity contribution in [1.29, 1.82) is 0 Å². The minimum Gasteiger partial charge on any atom is -0.497 e. The predicted octanol–water partition coefficient (Wildman–Crippen LogP) is 3.72. The summed E-state index contributed by atoms with van der Waals surface area (Å²) >= 11 is 0. The third-order valence-electron chi connectivity index (χ3n) is 4.59. The van der Waals surface area contributed by atoms with Crippen LogP contribution in [0.15, 0.2) is 48.5 Å². The smallest absolute Gasteiger partial charge is 0.339 e. The van der Waals surface area contributed by atoms with Crippen molar-refractivity contribution in [2.75, 3.05) is 7.11 Å². The van der Waals surface area contributed by atoms with Crippen molar-refractivity contribution in [3.05, 3.63) is 70.9 Å². The molecule has 1 heterocycles. The van der Waals surface area contributed by atoms with E-state index in [0.717, 1.165) is 22.4 Å². The van der Waals surface area contributed by atoms with Crippen LogP contribution in [0.1, 0.15) is 34.1 Å². The minimum atomic E-state index is -0.922. The van der Waals surface area contributed by atoms with E-state index >= 15 is 0 Å². The molecule has 0 bridgehead atoms. The quantitative estimate of drug-likeness (QED) is 0.647. The molecule has 0 saturated carbocycles. The summed E-state index contributed by atoms with van der Waals surface area (Å²) in [5, 5.41) is 3.50. The largest absolute Gasteiger partial charge is 0.497 e. The van der Waals surface area contributed by atoms with Crippen LogP contribution in [-0.2, 0) is 16.1 Å². The number of ether oxygens (including phenoxy) is 2. The number of hydrogen-bond donors (Lipinski definition) is 1. The lowest BCUT2D eigenvalue weighted by atomic mass is 10.1. The van der Waals surface area contributed by atoms with Gasteiger partial charge in [-0.2, -0.15) is 0 Å². The van der Waals surface area contributed by atoms with Crippen molar-refractivity contribution in [3.63, 3.8) is 0 Å². The molecule has 0 fully saturated rings. The van der Waals surface area contributed by atoms with E-state index in [4.69, 9.17) is 9.47 Å². The lowest BCUT2D eigenvalue weighted by Crippen LogP contribution is -2.35. The van der Waals surface area contributed by atoms with Crippen LogP contribution < -0.4 is 10.1 Å². The molecule has 0 aliphatic rings. The highest BCUT2D eigenvalue weighted by atomic mass is 16.5. The van der Waals surface area contributed by atoms with Crippen LogP contribution in [-0.4, -0.2) is 30.1 Å². The molecular formula is C23H24N2O4. The number of aryl methyl sites for hydroxylation is 2. The number of nitrogens with zero attached hydrogens (tertiary/aromatic N) is 1. The topological polar surface area (TPSA) is 77.5 Å². The maximum Gasteiger partial charge on any atom is 0.339 e. The van der Waals surface area contributed by atoms with Gasteiger partial charge >= 0.3 is 5.97 Å². The Labute approximate surface area is 169 Å². The van der Waals surface area contributed by atoms with Crippen molar-refractivity contribution in [1.82, 2.24) is 10.3 Å². The fourth-order valence-electron chi connectivity index (χ4n) is 2.99. The Morgan fingerprint density at radius 2 is 1.79 bits per heavy atom. The molecule has 3 rings (SSSR count). The number of carbonyl (C=O) groups is 2. The van der Waals surface area contributed by atoms with Crippen LogP contribution in [0.5, 0.6) is 5.75 Å². The number of methoxy groups -OCH3 is 1. The number of amides is 1. The first-order valence-corrected chi connectivity index (χ1v) is 9.37. The monoisotopic (exact) mass is 392 g/mol. The highest BCUT2D eigenvalue weighted by Crippen LogP contribution is 2.21. The molecule has 6 heteroatoms. The fraction of sp³-hybridized carbons (Fsp3) is 0.261. The van der Waals surface area contributed by atoms with Crippen molar-refractivity contribution >= 4 is 22.8 Å². The van der Waals surface area contributed by atoms with E-state index in [1.165, 1.54) is 0 Å². The van der Waals surface area contributed by atoms with Gasteiger partial charge in [-0.25, -0.2) is 4.79 Å². The SMILES string of the molecule is COc1ccc(CNC(=O)C(C)OC(=O)c2cc(C)nc3ccc(C)cc23)cc1. The van der Waals surface area contributed by atoms with Crippen LogP contribution in [0, 0.1) is 13.8 Å². The maximum atomic E-state index is 12.7. The molecule has 2 aromatic carbocycles. The molecule has 3 aromatic rings. The molecule has 1 aromatic heterocycles. The minimum absolute atomic E-state index is 0.335. The zero-order chi connectivity index (χ0) is 21.0. The van der Waals surface area contributed by atoms with Crippen LogP contribution >= 0.6 is 0 Å². The van der Waals surface area contributed by atoms with E-state index in [0.29, 0.717) is 23.2 Å². The van der Waals surface area contributed by atoms with E-state index in [9.17, 15) is 9.59 Å². The molecule has 0 spiro atoms. The molecule has 1 amide bonds. The second-order valence-electron chi connectivity index (χ2n) is 6.95. The Morgan fingerprint density at radius 1 is 1.07 bits per heavy atom. The summed E-state index contributed by atoms with van der Waals surface area (Å²) in [4.78, 5) is 29.6. The Morgan fingerprint density at radius 3 is 2.48 bits per heavy atom. The summed E-state index contributed by atoms with van der Waals surface area (Å²) in [5.74, 6) is -0.156. The fourth-order valence-corrected chi connectivity index (χ4v) is 2.99. The number of pyridine rings is 1. The number of fused-ring (bicyclic) bond motifs is 1. The van der Waals surface area contributed by atoms with E-state index in [-0.39, 0.29) is 5.91 Å². The Balaban J connectivity index is 1.67. The van der Waals surface area contributed by atoms with Crippen molar-refractivity contribution in [2.45, 2.75) is 33.4 Å². The molecule has 0 aliphatic heterocycles. The van der Waals surface area contributed by atoms with Gasteiger partial charge in [0, 0.05) is 17.6 Å². The van der Waals surface area contributed by atoms with Gasteiger partial charge < -0.3 is 14.8 Å². The molecule has 1 atom stereocenters. The third-order valence-corrected chi connectivity index (χ3v) is 4.59. The number of nitrogens with one attached hydrogen (secondary N) is 1. The van der Waals surface area contributed by atoms with Crippen LogP contribution in [0.3, 0.4) is 0 Å². The molecule has 150 valence electrons. The third kappa shape index (κ3) is 4.90. The average molecular weight is 392 g/mol. The highest BCUT2D eigenvalue weighted by Gasteiger charge is 2.21. The van der Waals surface area contributed by atoms with Gasteiger partial charge in [0.25, 0.3) is 5.91 Å². The van der Waals surface area contributed by atoms with Crippen LogP contribution in [0.4, 0.5) is 0 Å². The Hall–Kier alpha value is -3.41. The first-order chi connectivity index (χ1) is 13.9. The van der Waals surface area contributed by atoms with E-state index in [1.807, 2.05) is 56.3 Å². The van der Waals surface area contributed by atoms with Crippen molar-refractivity contribution < 1.29 is 19.1 Å². The van der Waals surface area contributed by atoms with Crippen LogP contribution in [0.25, 0.3) is 10.9 Å². The molecule has 1 unspecified atom stereocenters. The summed E-state index contributed by atoms with van der Waals surface area (Å²) in [7, 11) is 1.60. The second kappa shape index (κ2) is 8.73. The lowest BCUT2D eigenvalue weighted by molar-refractivity contribution is -0.129. The first-order valence-electron chi connectivity index (χ1n) is 9.37. The van der Waals surface area contributed by atoms with E-state index in [2.05, 4.69) is 10.3 Å². The number of carbonyl (C=O) groups excluding carboxylic acids is 2. The maximum absolute atomic E-state index is 12.7. The average Bonchev–Trinajstić information content (AvgIpc) is 2.71. The molecule has 1 N–H and O–H groups in total. The lowest BCUT2D eigenvalue weighted by Gasteiger charge is -2.15. The number of aromatic nitrogens is 1. The number of rotatable bonds is 6. The second-order valence-corrected chi connectivity index (χ2v) is 6.95. The normalized spacial score (nSPS) is 11.7. The van der Waals surface area contributed by atoms with Gasteiger partial charge in [-0.1, -0.05) is 23.8 Å². The number of esters is 1. The number of benzene rings is 2. The summed E-state index contributed by atoms with van der Waals surface area (Å²) in [6.45, 7) is 5.66. The van der Waals surface area contributed by atoms with Crippen molar-refractivity contribution in [3.8, 4) is 5.75 Å². The summed E-state index contributed by atoms with van der Waals surface area (Å²) in [6, 6.07) is 14.8. The Kier molecular flexibility index (Phi) is 6.12.